The minimum Gasteiger partial charge on any atom is -0.368 e. The number of halogens is 1. The second-order valence-corrected chi connectivity index (χ2v) is 3.76. The summed E-state index contributed by atoms with van der Waals surface area (Å²) >= 11 is 6.03. The Labute approximate surface area is 87.2 Å². The maximum Gasteiger partial charge on any atom is 0.239 e. The number of hydrogen-bond donors (Lipinski definition) is 2. The van der Waals surface area contributed by atoms with Crippen molar-refractivity contribution in [3.8, 4) is 0 Å². The highest BCUT2D eigenvalue weighted by atomic mass is 35.5. The van der Waals surface area contributed by atoms with Gasteiger partial charge in [-0.15, -0.1) is 0 Å². The molecule has 4 heteroatoms. The average molecular weight is 211 g/mol. The zero-order valence-electron chi connectivity index (χ0n) is 7.59. The van der Waals surface area contributed by atoms with Crippen LogP contribution >= 0.6 is 11.6 Å². The van der Waals surface area contributed by atoms with Crippen molar-refractivity contribution >= 4 is 17.5 Å². The summed E-state index contributed by atoms with van der Waals surface area (Å²) in [5.41, 5.74) is 7.24. The Bertz CT molecular complexity index is 378. The van der Waals surface area contributed by atoms with Crippen LogP contribution in [0.4, 0.5) is 0 Å². The van der Waals surface area contributed by atoms with Crippen molar-refractivity contribution in [3.05, 3.63) is 34.3 Å². The minimum absolute atomic E-state index is 0.376. The van der Waals surface area contributed by atoms with Gasteiger partial charge in [0.2, 0.25) is 5.91 Å². The first-order valence-corrected chi connectivity index (χ1v) is 4.88. The molecule has 2 rings (SSSR count). The molecule has 0 saturated carbocycles. The molecule has 1 aromatic rings. The third-order valence-corrected chi connectivity index (χ3v) is 2.79. The number of carbonyl (C=O) groups is 1. The van der Waals surface area contributed by atoms with Crippen LogP contribution in [0.1, 0.15) is 17.2 Å². The van der Waals surface area contributed by atoms with Crippen LogP contribution in [-0.2, 0) is 11.2 Å². The van der Waals surface area contributed by atoms with E-state index in [0.717, 1.165) is 24.1 Å². The van der Waals surface area contributed by atoms with Crippen LogP contribution in [0.5, 0.6) is 0 Å². The highest BCUT2D eigenvalue weighted by molar-refractivity contribution is 6.31. The van der Waals surface area contributed by atoms with Gasteiger partial charge in [-0.25, -0.2) is 0 Å². The first-order chi connectivity index (χ1) is 6.70. The smallest absolute Gasteiger partial charge is 0.239 e. The molecule has 1 aliphatic heterocycles. The van der Waals surface area contributed by atoms with Crippen molar-refractivity contribution in [1.29, 1.82) is 0 Å². The van der Waals surface area contributed by atoms with E-state index in [4.69, 9.17) is 17.3 Å². The number of nitrogens with two attached hydrogens (primary N) is 1. The van der Waals surface area contributed by atoms with Gasteiger partial charge < -0.3 is 11.1 Å². The van der Waals surface area contributed by atoms with Crippen molar-refractivity contribution < 1.29 is 4.79 Å². The molecule has 1 amide bonds. The van der Waals surface area contributed by atoms with Gasteiger partial charge in [-0.2, -0.15) is 0 Å². The molecule has 1 unspecified atom stereocenters. The Hall–Kier alpha value is -1.06. The van der Waals surface area contributed by atoms with Crippen LogP contribution in [-0.4, -0.2) is 12.5 Å². The molecular weight excluding hydrogens is 200 g/mol. The summed E-state index contributed by atoms with van der Waals surface area (Å²) in [7, 11) is 0. The van der Waals surface area contributed by atoms with Crippen LogP contribution in [0.15, 0.2) is 18.2 Å². The van der Waals surface area contributed by atoms with E-state index in [0.29, 0.717) is 5.02 Å². The Kier molecular flexibility index (Phi) is 2.44. The molecule has 1 atom stereocenters. The van der Waals surface area contributed by atoms with E-state index in [1.165, 1.54) is 0 Å². The van der Waals surface area contributed by atoms with Crippen LogP contribution in [0.25, 0.3) is 0 Å². The molecule has 14 heavy (non-hydrogen) atoms. The van der Waals surface area contributed by atoms with Gasteiger partial charge in [-0.1, -0.05) is 23.7 Å². The van der Waals surface area contributed by atoms with Crippen molar-refractivity contribution in [2.45, 2.75) is 12.5 Å². The van der Waals surface area contributed by atoms with E-state index in [9.17, 15) is 4.79 Å². The largest absolute Gasteiger partial charge is 0.368 e. The third-order valence-electron chi connectivity index (χ3n) is 2.46. The SMILES string of the molecule is NC(=O)C1NCCc2cccc(Cl)c21. The lowest BCUT2D eigenvalue weighted by molar-refractivity contribution is -0.120. The Morgan fingerprint density at radius 2 is 2.36 bits per heavy atom. The van der Waals surface area contributed by atoms with Gasteiger partial charge in [-0.3, -0.25) is 4.79 Å². The van der Waals surface area contributed by atoms with E-state index in [-0.39, 0.29) is 5.91 Å². The van der Waals surface area contributed by atoms with Crippen LogP contribution in [0.3, 0.4) is 0 Å². The summed E-state index contributed by atoms with van der Waals surface area (Å²) in [5.74, 6) is -0.376. The van der Waals surface area contributed by atoms with E-state index in [2.05, 4.69) is 5.32 Å². The van der Waals surface area contributed by atoms with E-state index in [1.807, 2.05) is 12.1 Å². The fraction of sp³-hybridized carbons (Fsp3) is 0.300. The third kappa shape index (κ3) is 1.49. The highest BCUT2D eigenvalue weighted by Gasteiger charge is 2.25. The quantitative estimate of drug-likeness (QED) is 0.727. The molecular formula is C10H11ClN2O. The lowest BCUT2D eigenvalue weighted by Gasteiger charge is -2.25. The second-order valence-electron chi connectivity index (χ2n) is 3.35. The van der Waals surface area contributed by atoms with Gasteiger partial charge in [0.1, 0.15) is 6.04 Å². The Balaban J connectivity index is 2.52. The fourth-order valence-electron chi connectivity index (χ4n) is 1.82. The van der Waals surface area contributed by atoms with Crippen LogP contribution < -0.4 is 11.1 Å². The second kappa shape index (κ2) is 3.59. The van der Waals surface area contributed by atoms with Gasteiger partial charge >= 0.3 is 0 Å². The van der Waals surface area contributed by atoms with Gasteiger partial charge in [-0.05, 0) is 18.1 Å². The lowest BCUT2D eigenvalue weighted by Crippen LogP contribution is -2.38. The van der Waals surface area contributed by atoms with E-state index < -0.39 is 6.04 Å². The highest BCUT2D eigenvalue weighted by Crippen LogP contribution is 2.29. The maximum absolute atomic E-state index is 11.2. The molecule has 0 bridgehead atoms. The van der Waals surface area contributed by atoms with E-state index >= 15 is 0 Å². The summed E-state index contributed by atoms with van der Waals surface area (Å²) in [5, 5.41) is 3.67. The van der Waals surface area contributed by atoms with Crippen LogP contribution in [0, 0.1) is 0 Å². The number of hydrogen-bond acceptors (Lipinski definition) is 2. The van der Waals surface area contributed by atoms with Crippen molar-refractivity contribution in [3.63, 3.8) is 0 Å². The topological polar surface area (TPSA) is 55.1 Å². The Morgan fingerprint density at radius 3 is 3.07 bits per heavy atom. The van der Waals surface area contributed by atoms with E-state index in [1.54, 1.807) is 6.07 Å². The number of benzene rings is 1. The molecule has 3 N–H and O–H groups in total. The van der Waals surface area contributed by atoms with Crippen molar-refractivity contribution in [1.82, 2.24) is 5.32 Å². The molecule has 1 aliphatic rings. The first kappa shape index (κ1) is 9.49. The van der Waals surface area contributed by atoms with Gasteiger partial charge in [0.25, 0.3) is 0 Å². The van der Waals surface area contributed by atoms with Crippen molar-refractivity contribution in [2.24, 2.45) is 5.73 Å². The average Bonchev–Trinajstić information content (AvgIpc) is 2.17. The molecule has 0 fully saturated rings. The summed E-state index contributed by atoms with van der Waals surface area (Å²) in [6.07, 6.45) is 0.889. The molecule has 0 radical (unpaired) electrons. The zero-order chi connectivity index (χ0) is 10.1. The Morgan fingerprint density at radius 1 is 1.57 bits per heavy atom. The normalized spacial score (nSPS) is 20.2. The molecule has 74 valence electrons. The maximum atomic E-state index is 11.2. The molecule has 1 aromatic carbocycles. The lowest BCUT2D eigenvalue weighted by atomic mass is 9.94. The van der Waals surface area contributed by atoms with Crippen molar-refractivity contribution in [2.75, 3.05) is 6.54 Å². The molecule has 0 spiro atoms. The minimum atomic E-state index is -0.438. The predicted octanol–water partition coefficient (Wildman–Crippen LogP) is 1.01. The van der Waals surface area contributed by atoms with Gasteiger partial charge in [0, 0.05) is 17.1 Å². The fourth-order valence-corrected chi connectivity index (χ4v) is 2.12. The number of primary amides is 1. The number of carbonyl (C=O) groups excluding carboxylic acids is 1. The monoisotopic (exact) mass is 210 g/mol. The summed E-state index contributed by atoms with van der Waals surface area (Å²) < 4.78 is 0. The molecule has 1 heterocycles. The first-order valence-electron chi connectivity index (χ1n) is 4.50. The van der Waals surface area contributed by atoms with Gasteiger partial charge in [0.15, 0.2) is 0 Å². The summed E-state index contributed by atoms with van der Waals surface area (Å²) in [6.45, 7) is 0.765. The number of nitrogens with one attached hydrogen (secondary N) is 1. The predicted molar refractivity (Wildman–Crippen MR) is 55.1 cm³/mol. The summed E-state index contributed by atoms with van der Waals surface area (Å²) in [4.78, 5) is 11.2. The van der Waals surface area contributed by atoms with Gasteiger partial charge in [0.05, 0.1) is 0 Å². The number of amides is 1. The molecule has 0 saturated heterocycles. The molecule has 0 aliphatic carbocycles. The molecule has 3 nitrogen and oxygen atoms in total. The standard InChI is InChI=1S/C10H11ClN2O/c11-7-3-1-2-6-4-5-13-9(8(6)7)10(12)14/h1-3,9,13H,4-5H2,(H2,12,14). The number of fused-ring (bicyclic) bond motifs is 1. The summed E-state index contributed by atoms with van der Waals surface area (Å²) in [6, 6.07) is 5.22. The zero-order valence-corrected chi connectivity index (χ0v) is 8.34. The van der Waals surface area contributed by atoms with Crippen LogP contribution in [0.2, 0.25) is 5.02 Å². The number of rotatable bonds is 1. The molecule has 0 aromatic heterocycles.